The predicted octanol–water partition coefficient (Wildman–Crippen LogP) is 5.18. The number of aromatic carboxylic acids is 1. The minimum absolute atomic E-state index is 0.0483. The maximum absolute atomic E-state index is 12.0. The van der Waals surface area contributed by atoms with Crippen molar-refractivity contribution in [3.8, 4) is 11.5 Å². The Labute approximate surface area is 184 Å². The van der Waals surface area contributed by atoms with E-state index >= 15 is 0 Å². The average Bonchev–Trinajstić information content (AvgIpc) is 2.75. The number of carboxylic acid groups (broad SMARTS) is 1. The fourth-order valence-corrected chi connectivity index (χ4v) is 3.51. The summed E-state index contributed by atoms with van der Waals surface area (Å²) < 4.78 is 11.4. The van der Waals surface area contributed by atoms with E-state index in [0.717, 1.165) is 43.9 Å². The highest BCUT2D eigenvalue weighted by Gasteiger charge is 2.18. The van der Waals surface area contributed by atoms with Gasteiger partial charge in [-0.05, 0) is 36.4 Å². The third-order valence-electron chi connectivity index (χ3n) is 5.32. The summed E-state index contributed by atoms with van der Waals surface area (Å²) in [6.45, 7) is 4.43. The fraction of sp³-hybridized carbons (Fsp3) is 0.560. The molecule has 2 unspecified atom stereocenters. The van der Waals surface area contributed by atoms with Gasteiger partial charge in [0.05, 0.1) is 12.2 Å². The Bertz CT molecular complexity index is 814. The summed E-state index contributed by atoms with van der Waals surface area (Å²) in [5.41, 5.74) is 0.0483. The van der Waals surface area contributed by atoms with E-state index in [1.165, 1.54) is 0 Å². The number of unbranched alkanes of at least 4 members (excludes halogenated alkanes) is 4. The zero-order chi connectivity index (χ0) is 22.6. The van der Waals surface area contributed by atoms with E-state index in [1.807, 2.05) is 0 Å². The summed E-state index contributed by atoms with van der Waals surface area (Å²) in [5.74, 6) is -0.370. The van der Waals surface area contributed by atoms with Gasteiger partial charge in [-0.25, -0.2) is 4.79 Å². The lowest BCUT2D eigenvalue weighted by atomic mass is 10.0. The average molecular weight is 433 g/mol. The van der Waals surface area contributed by atoms with Crippen molar-refractivity contribution >= 4 is 16.7 Å². The number of carbonyl (C=O) groups is 1. The first kappa shape index (κ1) is 25.0. The largest absolute Gasteiger partial charge is 0.491 e. The van der Waals surface area contributed by atoms with Gasteiger partial charge >= 0.3 is 5.97 Å². The number of hydrogen-bond donors (Lipinski definition) is 3. The SMILES string of the molecule is CCCCCC(O)COc1ccc2ccc(OCC(O)CCCCC)c(C(=O)O)c2c1. The Morgan fingerprint density at radius 1 is 0.871 bits per heavy atom. The van der Waals surface area contributed by atoms with Crippen LogP contribution < -0.4 is 9.47 Å². The van der Waals surface area contributed by atoms with Crippen molar-refractivity contribution in [1.29, 1.82) is 0 Å². The lowest BCUT2D eigenvalue weighted by molar-refractivity contribution is 0.0682. The van der Waals surface area contributed by atoms with Crippen molar-refractivity contribution in [3.05, 3.63) is 35.9 Å². The molecule has 0 aliphatic carbocycles. The quantitative estimate of drug-likeness (QED) is 0.336. The first-order valence-corrected chi connectivity index (χ1v) is 11.4. The molecule has 0 radical (unpaired) electrons. The Morgan fingerprint density at radius 3 is 2.03 bits per heavy atom. The molecule has 0 heterocycles. The Kier molecular flexibility index (Phi) is 10.6. The minimum Gasteiger partial charge on any atom is -0.491 e. The molecule has 6 heteroatoms. The molecule has 0 saturated heterocycles. The standard InChI is InChI=1S/C25H36O6/c1-3-5-7-9-19(26)16-30-21-13-11-18-12-14-23(24(25(28)29)22(18)15-21)31-17-20(27)10-8-6-4-2/h11-15,19-20,26-27H,3-10,16-17H2,1-2H3,(H,28,29). The molecular formula is C25H36O6. The van der Waals surface area contributed by atoms with E-state index in [9.17, 15) is 20.1 Å². The van der Waals surface area contributed by atoms with Gasteiger partial charge in [0.15, 0.2) is 0 Å². The maximum atomic E-state index is 12.0. The summed E-state index contributed by atoms with van der Waals surface area (Å²) in [5, 5.41) is 31.2. The third-order valence-corrected chi connectivity index (χ3v) is 5.32. The van der Waals surface area contributed by atoms with E-state index in [-0.39, 0.29) is 24.5 Å². The smallest absolute Gasteiger partial charge is 0.340 e. The molecule has 0 amide bonds. The molecule has 0 saturated carbocycles. The molecule has 2 aromatic carbocycles. The molecule has 31 heavy (non-hydrogen) atoms. The van der Waals surface area contributed by atoms with Crippen LogP contribution in [0, 0.1) is 0 Å². The van der Waals surface area contributed by atoms with Crippen LogP contribution in [0.25, 0.3) is 10.8 Å². The molecule has 2 rings (SSSR count). The highest BCUT2D eigenvalue weighted by molar-refractivity contribution is 6.06. The van der Waals surface area contributed by atoms with Gasteiger partial charge in [0, 0.05) is 5.39 Å². The van der Waals surface area contributed by atoms with E-state index in [2.05, 4.69) is 13.8 Å². The monoisotopic (exact) mass is 432 g/mol. The van der Waals surface area contributed by atoms with Crippen LogP contribution in [0.3, 0.4) is 0 Å². The normalized spacial score (nSPS) is 13.2. The van der Waals surface area contributed by atoms with Crippen LogP contribution in [0.15, 0.2) is 30.3 Å². The number of hydrogen-bond acceptors (Lipinski definition) is 5. The van der Waals surface area contributed by atoms with Crippen molar-refractivity contribution in [1.82, 2.24) is 0 Å². The summed E-state index contributed by atoms with van der Waals surface area (Å²) in [6, 6.07) is 8.66. The number of benzene rings is 2. The zero-order valence-corrected chi connectivity index (χ0v) is 18.7. The van der Waals surface area contributed by atoms with Crippen LogP contribution in [0.5, 0.6) is 11.5 Å². The second-order valence-electron chi connectivity index (χ2n) is 8.05. The molecule has 0 aliphatic heterocycles. The molecule has 0 fully saturated rings. The minimum atomic E-state index is -1.10. The van der Waals surface area contributed by atoms with Crippen LogP contribution >= 0.6 is 0 Å². The van der Waals surface area contributed by atoms with E-state index in [1.54, 1.807) is 30.3 Å². The van der Waals surface area contributed by atoms with Crippen molar-refractivity contribution in [2.75, 3.05) is 13.2 Å². The summed E-state index contributed by atoms with van der Waals surface area (Å²) >= 11 is 0. The van der Waals surface area contributed by atoms with Gasteiger partial charge in [0.25, 0.3) is 0 Å². The van der Waals surface area contributed by atoms with Gasteiger partial charge in [-0.15, -0.1) is 0 Å². The van der Waals surface area contributed by atoms with Crippen molar-refractivity contribution in [3.63, 3.8) is 0 Å². The third kappa shape index (κ3) is 8.04. The maximum Gasteiger partial charge on any atom is 0.340 e. The van der Waals surface area contributed by atoms with Crippen molar-refractivity contribution < 1.29 is 29.6 Å². The Morgan fingerprint density at radius 2 is 1.45 bits per heavy atom. The topological polar surface area (TPSA) is 96.2 Å². The van der Waals surface area contributed by atoms with Gasteiger partial charge in [-0.2, -0.15) is 0 Å². The summed E-state index contributed by atoms with van der Waals surface area (Å²) in [6.07, 6.45) is 6.27. The summed E-state index contributed by atoms with van der Waals surface area (Å²) in [4.78, 5) is 12.0. The molecule has 3 N–H and O–H groups in total. The van der Waals surface area contributed by atoms with Crippen molar-refractivity contribution in [2.24, 2.45) is 0 Å². The lowest BCUT2D eigenvalue weighted by Gasteiger charge is -2.16. The van der Waals surface area contributed by atoms with Gasteiger partial charge in [0.1, 0.15) is 30.3 Å². The van der Waals surface area contributed by atoms with E-state index in [0.29, 0.717) is 24.0 Å². The molecule has 2 aromatic rings. The van der Waals surface area contributed by atoms with Crippen LogP contribution in [0.4, 0.5) is 0 Å². The van der Waals surface area contributed by atoms with E-state index < -0.39 is 18.2 Å². The van der Waals surface area contributed by atoms with Gasteiger partial charge < -0.3 is 24.8 Å². The Balaban J connectivity index is 2.11. The molecule has 2 atom stereocenters. The zero-order valence-electron chi connectivity index (χ0n) is 18.7. The number of carboxylic acids is 1. The Hall–Kier alpha value is -2.31. The molecule has 0 bridgehead atoms. The lowest BCUT2D eigenvalue weighted by Crippen LogP contribution is -2.18. The molecule has 172 valence electrons. The van der Waals surface area contributed by atoms with Crippen LogP contribution in [-0.4, -0.2) is 46.7 Å². The van der Waals surface area contributed by atoms with Crippen LogP contribution in [0.2, 0.25) is 0 Å². The number of ether oxygens (including phenoxy) is 2. The number of fused-ring (bicyclic) bond motifs is 1. The molecule has 0 aromatic heterocycles. The van der Waals surface area contributed by atoms with Gasteiger partial charge in [0.2, 0.25) is 0 Å². The second-order valence-corrected chi connectivity index (χ2v) is 8.05. The highest BCUT2D eigenvalue weighted by Crippen LogP contribution is 2.31. The molecular weight excluding hydrogens is 396 g/mol. The fourth-order valence-electron chi connectivity index (χ4n) is 3.51. The predicted molar refractivity (Wildman–Crippen MR) is 122 cm³/mol. The first-order chi connectivity index (χ1) is 15.0. The number of aliphatic hydroxyl groups is 2. The number of rotatable bonds is 15. The van der Waals surface area contributed by atoms with Crippen LogP contribution in [0.1, 0.15) is 75.6 Å². The highest BCUT2D eigenvalue weighted by atomic mass is 16.5. The number of aliphatic hydroxyl groups excluding tert-OH is 2. The first-order valence-electron chi connectivity index (χ1n) is 11.4. The van der Waals surface area contributed by atoms with Gasteiger partial charge in [-0.1, -0.05) is 64.5 Å². The summed E-state index contributed by atoms with van der Waals surface area (Å²) in [7, 11) is 0. The second kappa shape index (κ2) is 13.2. The molecule has 0 spiro atoms. The van der Waals surface area contributed by atoms with E-state index in [4.69, 9.17) is 9.47 Å². The molecule has 6 nitrogen and oxygen atoms in total. The molecule has 0 aliphatic rings. The van der Waals surface area contributed by atoms with Gasteiger partial charge in [-0.3, -0.25) is 0 Å². The van der Waals surface area contributed by atoms with Crippen LogP contribution in [-0.2, 0) is 0 Å². The van der Waals surface area contributed by atoms with Crippen molar-refractivity contribution in [2.45, 2.75) is 77.4 Å².